The Balaban J connectivity index is 4.04. The van der Waals surface area contributed by atoms with Crippen molar-refractivity contribution in [2.24, 2.45) is 0 Å². The highest BCUT2D eigenvalue weighted by atomic mass is 16.4. The van der Waals surface area contributed by atoms with Crippen LogP contribution in [0.4, 0.5) is 0 Å². The molecule has 20 heavy (non-hydrogen) atoms. The van der Waals surface area contributed by atoms with Crippen molar-refractivity contribution >= 4 is 11.9 Å². The Morgan fingerprint density at radius 1 is 0.950 bits per heavy atom. The number of aliphatic carboxylic acids is 2. The minimum Gasteiger partial charge on any atom is -0.478 e. The molecule has 4 heteroatoms. The molecule has 0 aromatic heterocycles. The van der Waals surface area contributed by atoms with E-state index in [2.05, 4.69) is 6.92 Å². The molecule has 0 saturated heterocycles. The second-order valence-corrected chi connectivity index (χ2v) is 4.58. The maximum atomic E-state index is 10.9. The number of carboxylic acids is 2. The summed E-state index contributed by atoms with van der Waals surface area (Å²) in [5.41, 5.74) is 0.0912. The summed E-state index contributed by atoms with van der Waals surface area (Å²) in [6.45, 7) is 2.18. The maximum Gasteiger partial charge on any atom is 0.335 e. The van der Waals surface area contributed by atoms with Gasteiger partial charge in [0.15, 0.2) is 0 Å². The van der Waals surface area contributed by atoms with Gasteiger partial charge in [0.25, 0.3) is 0 Å². The van der Waals surface area contributed by atoms with E-state index >= 15 is 0 Å². The van der Waals surface area contributed by atoms with Gasteiger partial charge in [0, 0.05) is 6.08 Å². The Morgan fingerprint density at radius 3 is 2.20 bits per heavy atom. The molecule has 0 unspecified atom stereocenters. The van der Waals surface area contributed by atoms with E-state index in [0.29, 0.717) is 0 Å². The highest BCUT2D eigenvalue weighted by molar-refractivity contribution is 5.90. The number of carboxylic acid groups (broad SMARTS) is 2. The Morgan fingerprint density at radius 2 is 1.60 bits per heavy atom. The molecular weight excluding hydrogens is 256 g/mol. The third-order valence-corrected chi connectivity index (χ3v) is 2.78. The van der Waals surface area contributed by atoms with E-state index in [9.17, 15) is 9.59 Å². The number of carbonyl (C=O) groups is 2. The van der Waals surface area contributed by atoms with E-state index in [1.807, 2.05) is 6.08 Å². The number of rotatable bonds is 11. The number of allylic oxidation sites excluding steroid dienone is 3. The van der Waals surface area contributed by atoms with Gasteiger partial charge in [-0.15, -0.1) is 0 Å². The zero-order valence-corrected chi connectivity index (χ0v) is 12.0. The van der Waals surface area contributed by atoms with E-state index in [0.717, 1.165) is 25.3 Å². The van der Waals surface area contributed by atoms with Gasteiger partial charge in [-0.05, 0) is 18.9 Å². The average molecular weight is 280 g/mol. The fraction of sp³-hybridized carbons (Fsp3) is 0.500. The van der Waals surface area contributed by atoms with Gasteiger partial charge in [0.2, 0.25) is 0 Å². The number of hydrogen-bond acceptors (Lipinski definition) is 2. The predicted octanol–water partition coefficient (Wildman–Crippen LogP) is 3.95. The van der Waals surface area contributed by atoms with Crippen LogP contribution in [0.15, 0.2) is 36.0 Å². The van der Waals surface area contributed by atoms with Gasteiger partial charge in [-0.3, -0.25) is 0 Å². The molecule has 4 nitrogen and oxygen atoms in total. The first-order valence-electron chi connectivity index (χ1n) is 7.09. The van der Waals surface area contributed by atoms with Gasteiger partial charge in [0.05, 0.1) is 5.57 Å². The van der Waals surface area contributed by atoms with Crippen LogP contribution in [0.3, 0.4) is 0 Å². The zero-order valence-electron chi connectivity index (χ0n) is 12.0. The van der Waals surface area contributed by atoms with E-state index < -0.39 is 11.9 Å². The van der Waals surface area contributed by atoms with Crippen molar-refractivity contribution in [3.63, 3.8) is 0 Å². The summed E-state index contributed by atoms with van der Waals surface area (Å²) in [5.74, 6) is -2.15. The lowest BCUT2D eigenvalue weighted by Crippen LogP contribution is -1.97. The van der Waals surface area contributed by atoms with E-state index in [1.54, 1.807) is 0 Å². The largest absolute Gasteiger partial charge is 0.478 e. The highest BCUT2D eigenvalue weighted by Crippen LogP contribution is 2.08. The molecule has 0 heterocycles. The number of hydrogen-bond donors (Lipinski definition) is 2. The third-order valence-electron chi connectivity index (χ3n) is 2.78. The first-order valence-corrected chi connectivity index (χ1v) is 7.09. The molecule has 0 rings (SSSR count). The molecule has 0 saturated carbocycles. The second kappa shape index (κ2) is 12.2. The standard InChI is InChI=1S/C16H24O4/c1-2-3-4-5-6-7-8-9-11-14(16(19)20)12-10-13-15(17)18/h9-13H,2-8H2,1H3,(H,17,18)(H,19,20)/b11-9?,13-10-,14-12-. The summed E-state index contributed by atoms with van der Waals surface area (Å²) in [6, 6.07) is 0. The molecule has 0 amide bonds. The molecule has 2 N–H and O–H groups in total. The Bertz CT molecular complexity index is 378. The molecule has 0 aliphatic heterocycles. The number of unbranched alkanes of at least 4 members (excludes halogenated alkanes) is 6. The van der Waals surface area contributed by atoms with Crippen LogP contribution in [0, 0.1) is 0 Å². The molecule has 0 spiro atoms. The van der Waals surface area contributed by atoms with Crippen molar-refractivity contribution in [1.29, 1.82) is 0 Å². The molecule has 0 radical (unpaired) electrons. The van der Waals surface area contributed by atoms with Gasteiger partial charge in [0.1, 0.15) is 0 Å². The smallest absolute Gasteiger partial charge is 0.335 e. The van der Waals surface area contributed by atoms with Crippen LogP contribution in [0.25, 0.3) is 0 Å². The van der Waals surface area contributed by atoms with Crippen LogP contribution in [0.2, 0.25) is 0 Å². The molecule has 0 aliphatic carbocycles. The van der Waals surface area contributed by atoms with Crippen molar-refractivity contribution < 1.29 is 19.8 Å². The summed E-state index contributed by atoms with van der Waals surface area (Å²) < 4.78 is 0. The summed E-state index contributed by atoms with van der Waals surface area (Å²) in [5, 5.41) is 17.4. The van der Waals surface area contributed by atoms with Crippen LogP contribution in [0.5, 0.6) is 0 Å². The van der Waals surface area contributed by atoms with Gasteiger partial charge in [-0.1, -0.05) is 57.3 Å². The minimum atomic E-state index is -1.10. The Hall–Kier alpha value is -1.84. The molecule has 0 bridgehead atoms. The van der Waals surface area contributed by atoms with Crippen LogP contribution in [-0.2, 0) is 9.59 Å². The fourth-order valence-corrected chi connectivity index (χ4v) is 1.69. The molecule has 0 aromatic rings. The highest BCUT2D eigenvalue weighted by Gasteiger charge is 2.00. The molecular formula is C16H24O4. The van der Waals surface area contributed by atoms with E-state index in [1.165, 1.54) is 43.9 Å². The first kappa shape index (κ1) is 18.2. The van der Waals surface area contributed by atoms with E-state index in [4.69, 9.17) is 10.2 Å². The first-order chi connectivity index (χ1) is 9.57. The SMILES string of the molecule is CCCCCCCCC=C/C(=C/C=C\C(=O)O)C(=O)O. The lowest BCUT2D eigenvalue weighted by atomic mass is 10.1. The van der Waals surface area contributed by atoms with Crippen molar-refractivity contribution in [2.75, 3.05) is 0 Å². The minimum absolute atomic E-state index is 0.0912. The van der Waals surface area contributed by atoms with Crippen LogP contribution in [0.1, 0.15) is 51.9 Å². The van der Waals surface area contributed by atoms with Gasteiger partial charge < -0.3 is 10.2 Å². The van der Waals surface area contributed by atoms with Gasteiger partial charge in [-0.2, -0.15) is 0 Å². The summed E-state index contributed by atoms with van der Waals surface area (Å²) >= 11 is 0. The van der Waals surface area contributed by atoms with Crippen LogP contribution in [-0.4, -0.2) is 22.2 Å². The van der Waals surface area contributed by atoms with Crippen LogP contribution >= 0.6 is 0 Å². The van der Waals surface area contributed by atoms with Crippen molar-refractivity contribution in [2.45, 2.75) is 51.9 Å². The summed E-state index contributed by atoms with van der Waals surface area (Å²) in [6.07, 6.45) is 14.8. The normalized spacial score (nSPS) is 12.3. The topological polar surface area (TPSA) is 74.6 Å². The summed E-state index contributed by atoms with van der Waals surface area (Å²) in [7, 11) is 0. The van der Waals surface area contributed by atoms with Gasteiger partial charge >= 0.3 is 11.9 Å². The third kappa shape index (κ3) is 11.3. The lowest BCUT2D eigenvalue weighted by molar-refractivity contribution is -0.133. The quantitative estimate of drug-likeness (QED) is 0.341. The van der Waals surface area contributed by atoms with E-state index in [-0.39, 0.29) is 5.57 Å². The monoisotopic (exact) mass is 280 g/mol. The van der Waals surface area contributed by atoms with Crippen LogP contribution < -0.4 is 0 Å². The Labute approximate surface area is 120 Å². The second-order valence-electron chi connectivity index (χ2n) is 4.58. The lowest BCUT2D eigenvalue weighted by Gasteiger charge is -1.98. The van der Waals surface area contributed by atoms with Gasteiger partial charge in [-0.25, -0.2) is 9.59 Å². The molecule has 0 aromatic carbocycles. The van der Waals surface area contributed by atoms with Crippen molar-refractivity contribution in [3.05, 3.63) is 36.0 Å². The summed E-state index contributed by atoms with van der Waals surface area (Å²) in [4.78, 5) is 21.2. The zero-order chi connectivity index (χ0) is 15.2. The van der Waals surface area contributed by atoms with Crippen molar-refractivity contribution in [1.82, 2.24) is 0 Å². The maximum absolute atomic E-state index is 10.9. The average Bonchev–Trinajstić information content (AvgIpc) is 2.39. The molecule has 112 valence electrons. The predicted molar refractivity (Wildman–Crippen MR) is 79.6 cm³/mol. The molecule has 0 fully saturated rings. The van der Waals surface area contributed by atoms with Crippen molar-refractivity contribution in [3.8, 4) is 0 Å². The Kier molecular flexibility index (Phi) is 11.1. The molecule has 0 aliphatic rings. The fourth-order valence-electron chi connectivity index (χ4n) is 1.69. The molecule has 0 atom stereocenters.